The monoisotopic (exact) mass is 439 g/mol. The molecule has 1 unspecified atom stereocenters. The molecular weight excluding hydrogens is 414 g/mol. The zero-order chi connectivity index (χ0) is 21.8. The van der Waals surface area contributed by atoms with E-state index in [1.165, 1.54) is 19.1 Å². The van der Waals surface area contributed by atoms with Crippen LogP contribution in [0.2, 0.25) is 0 Å². The summed E-state index contributed by atoms with van der Waals surface area (Å²) in [6.45, 7) is 2.39. The molecule has 3 aromatic rings. The largest absolute Gasteiger partial charge is 0.448 e. The molecule has 1 aromatic heterocycles. The van der Waals surface area contributed by atoms with E-state index in [0.717, 1.165) is 28.0 Å². The molecule has 0 saturated heterocycles. The number of nitrogens with zero attached hydrogens (tertiary/aromatic N) is 3. The van der Waals surface area contributed by atoms with E-state index in [1.54, 1.807) is 31.5 Å². The van der Waals surface area contributed by atoms with E-state index in [1.807, 2.05) is 24.3 Å². The second-order valence-electron chi connectivity index (χ2n) is 7.47. The summed E-state index contributed by atoms with van der Waals surface area (Å²) in [6, 6.07) is 13.7. The molecule has 8 nitrogen and oxygen atoms in total. The van der Waals surface area contributed by atoms with Crippen LogP contribution in [-0.2, 0) is 21.0 Å². The molecule has 1 aliphatic carbocycles. The number of anilines is 2. The van der Waals surface area contributed by atoms with Gasteiger partial charge in [0.2, 0.25) is 0 Å². The van der Waals surface area contributed by atoms with Crippen molar-refractivity contribution in [3.8, 4) is 0 Å². The number of hydrogen-bond acceptors (Lipinski definition) is 7. The van der Waals surface area contributed by atoms with Crippen molar-refractivity contribution in [3.05, 3.63) is 54.4 Å². The van der Waals surface area contributed by atoms with Crippen molar-refractivity contribution < 1.29 is 13.7 Å². The number of carbonyl (C=O) groups excluding carboxylic acids is 1. The van der Waals surface area contributed by atoms with E-state index in [9.17, 15) is 9.00 Å². The van der Waals surface area contributed by atoms with Crippen molar-refractivity contribution in [2.45, 2.75) is 37.2 Å². The Balaban J connectivity index is 1.49. The Kier molecular flexibility index (Phi) is 6.03. The molecule has 31 heavy (non-hydrogen) atoms. The highest BCUT2D eigenvalue weighted by Gasteiger charge is 2.22. The van der Waals surface area contributed by atoms with E-state index in [4.69, 9.17) is 4.74 Å². The van der Waals surface area contributed by atoms with E-state index >= 15 is 0 Å². The second-order valence-corrected chi connectivity index (χ2v) is 9.73. The third-order valence-electron chi connectivity index (χ3n) is 4.90. The Morgan fingerprint density at radius 2 is 2.06 bits per heavy atom. The summed E-state index contributed by atoms with van der Waals surface area (Å²) >= 11 is 0. The average molecular weight is 440 g/mol. The topological polar surface area (TPSA) is 106 Å². The van der Waals surface area contributed by atoms with Crippen LogP contribution < -0.4 is 10.6 Å². The molecule has 162 valence electrons. The fraction of sp³-hybridized carbons (Fsp3) is 0.318. The summed E-state index contributed by atoms with van der Waals surface area (Å²) in [5, 5.41) is 7.80. The molecule has 1 heterocycles. The number of ether oxygens (including phenoxy) is 1. The summed E-state index contributed by atoms with van der Waals surface area (Å²) in [6.07, 6.45) is 4.56. The first kappa shape index (κ1) is 21.0. The van der Waals surface area contributed by atoms with Crippen molar-refractivity contribution in [2.24, 2.45) is 4.36 Å². The predicted molar refractivity (Wildman–Crippen MR) is 122 cm³/mol. The van der Waals surface area contributed by atoms with Gasteiger partial charge in [-0.3, -0.25) is 0 Å². The lowest BCUT2D eigenvalue weighted by molar-refractivity contribution is 0.164. The van der Waals surface area contributed by atoms with Gasteiger partial charge in [-0.05, 0) is 55.7 Å². The standard InChI is InChI=1S/C22H25N5O3S/c1-3-30-22(28)27-31(2,29)18-6-4-5-15(11-18)13-23-17-9-10-19-20(12-17)24-14-25-21(19)26-16-7-8-16/h4-6,9-12,14,16,23H,3,7-8,13H2,1-2H3,(H,24,25,26). The van der Waals surface area contributed by atoms with Gasteiger partial charge in [0, 0.05) is 34.8 Å². The molecule has 9 heteroatoms. The van der Waals surface area contributed by atoms with Crippen molar-refractivity contribution in [1.82, 2.24) is 9.97 Å². The van der Waals surface area contributed by atoms with Crippen molar-refractivity contribution in [3.63, 3.8) is 0 Å². The Labute approximate surface area is 181 Å². The molecule has 1 saturated carbocycles. The zero-order valence-corrected chi connectivity index (χ0v) is 18.3. The van der Waals surface area contributed by atoms with Crippen LogP contribution in [0.4, 0.5) is 16.3 Å². The van der Waals surface area contributed by atoms with Crippen LogP contribution in [-0.4, -0.2) is 39.2 Å². The van der Waals surface area contributed by atoms with Gasteiger partial charge in [-0.25, -0.2) is 19.0 Å². The number of fused-ring (bicyclic) bond motifs is 1. The quantitative estimate of drug-likeness (QED) is 0.561. The number of amides is 1. The molecular formula is C22H25N5O3S. The summed E-state index contributed by atoms with van der Waals surface area (Å²) in [7, 11) is -2.88. The van der Waals surface area contributed by atoms with Crippen LogP contribution in [0.15, 0.2) is 58.1 Å². The summed E-state index contributed by atoms with van der Waals surface area (Å²) in [5.74, 6) is 0.870. The minimum atomic E-state index is -2.88. The van der Waals surface area contributed by atoms with E-state index < -0.39 is 15.8 Å². The lowest BCUT2D eigenvalue weighted by atomic mass is 10.2. The van der Waals surface area contributed by atoms with Gasteiger partial charge < -0.3 is 15.4 Å². The first-order valence-corrected chi connectivity index (χ1v) is 12.1. The highest BCUT2D eigenvalue weighted by Crippen LogP contribution is 2.28. The van der Waals surface area contributed by atoms with Crippen LogP contribution in [0.25, 0.3) is 10.9 Å². The van der Waals surface area contributed by atoms with Gasteiger partial charge in [-0.2, -0.15) is 0 Å². The van der Waals surface area contributed by atoms with Gasteiger partial charge in [-0.1, -0.05) is 12.1 Å². The van der Waals surface area contributed by atoms with Gasteiger partial charge in [0.15, 0.2) is 0 Å². The fourth-order valence-corrected chi connectivity index (χ4v) is 4.29. The van der Waals surface area contributed by atoms with Gasteiger partial charge in [-0.15, -0.1) is 4.36 Å². The molecule has 1 aliphatic rings. The lowest BCUT2D eigenvalue weighted by Gasteiger charge is -2.11. The molecule has 0 spiro atoms. The number of benzene rings is 2. The third kappa shape index (κ3) is 5.29. The van der Waals surface area contributed by atoms with Crippen molar-refractivity contribution >= 4 is 38.2 Å². The molecule has 4 rings (SSSR count). The molecule has 1 atom stereocenters. The van der Waals surface area contributed by atoms with Crippen LogP contribution in [0.1, 0.15) is 25.3 Å². The number of nitrogens with one attached hydrogen (secondary N) is 2. The molecule has 0 bridgehead atoms. The predicted octanol–water partition coefficient (Wildman–Crippen LogP) is 4.43. The SMILES string of the molecule is CCOC(=O)N=S(C)(=O)c1cccc(CNc2ccc3c(NC4CC4)ncnc3c2)c1. The Hall–Kier alpha value is -3.20. The highest BCUT2D eigenvalue weighted by atomic mass is 32.2. The molecule has 2 N–H and O–H groups in total. The summed E-state index contributed by atoms with van der Waals surface area (Å²) < 4.78 is 21.4. The van der Waals surface area contributed by atoms with Gasteiger partial charge >= 0.3 is 6.09 Å². The number of rotatable bonds is 7. The van der Waals surface area contributed by atoms with Crippen LogP contribution in [0.3, 0.4) is 0 Å². The Morgan fingerprint density at radius 3 is 2.84 bits per heavy atom. The zero-order valence-electron chi connectivity index (χ0n) is 17.5. The first-order chi connectivity index (χ1) is 14.9. The van der Waals surface area contributed by atoms with Crippen LogP contribution in [0, 0.1) is 0 Å². The summed E-state index contributed by atoms with van der Waals surface area (Å²) in [5.41, 5.74) is 2.70. The van der Waals surface area contributed by atoms with E-state index in [2.05, 4.69) is 25.0 Å². The van der Waals surface area contributed by atoms with E-state index in [-0.39, 0.29) is 6.61 Å². The maximum Gasteiger partial charge on any atom is 0.442 e. The van der Waals surface area contributed by atoms with E-state index in [0.29, 0.717) is 17.5 Å². The Bertz CT molecular complexity index is 1230. The van der Waals surface area contributed by atoms with Crippen LogP contribution >= 0.6 is 0 Å². The van der Waals surface area contributed by atoms with Crippen LogP contribution in [0.5, 0.6) is 0 Å². The molecule has 1 amide bonds. The minimum absolute atomic E-state index is 0.191. The number of aromatic nitrogens is 2. The highest BCUT2D eigenvalue weighted by molar-refractivity contribution is 7.93. The first-order valence-electron chi connectivity index (χ1n) is 10.2. The fourth-order valence-electron chi connectivity index (χ4n) is 3.14. The average Bonchev–Trinajstić information content (AvgIpc) is 3.56. The van der Waals surface area contributed by atoms with Crippen molar-refractivity contribution in [2.75, 3.05) is 23.5 Å². The lowest BCUT2D eigenvalue weighted by Crippen LogP contribution is -2.06. The van der Waals surface area contributed by atoms with Gasteiger partial charge in [0.05, 0.1) is 21.9 Å². The Morgan fingerprint density at radius 1 is 1.23 bits per heavy atom. The molecule has 0 aliphatic heterocycles. The molecule has 0 radical (unpaired) electrons. The number of hydrogen-bond donors (Lipinski definition) is 2. The number of carbonyl (C=O) groups is 1. The van der Waals surface area contributed by atoms with Crippen molar-refractivity contribution in [1.29, 1.82) is 0 Å². The maximum atomic E-state index is 12.9. The third-order valence-corrected chi connectivity index (χ3v) is 6.53. The second kappa shape index (κ2) is 8.89. The molecule has 2 aromatic carbocycles. The molecule has 1 fully saturated rings. The minimum Gasteiger partial charge on any atom is -0.448 e. The maximum absolute atomic E-state index is 12.9. The smallest absolute Gasteiger partial charge is 0.442 e. The van der Waals surface area contributed by atoms with Gasteiger partial charge in [0.1, 0.15) is 12.1 Å². The summed E-state index contributed by atoms with van der Waals surface area (Å²) in [4.78, 5) is 20.9. The van der Waals surface area contributed by atoms with Gasteiger partial charge in [0.25, 0.3) is 0 Å². The normalized spacial score (nSPS) is 15.2.